The third kappa shape index (κ3) is 6.53. The molecule has 0 radical (unpaired) electrons. The van der Waals surface area contributed by atoms with Gasteiger partial charge in [0.25, 0.3) is 0 Å². The van der Waals surface area contributed by atoms with Gasteiger partial charge in [0, 0.05) is 23.7 Å². The minimum absolute atomic E-state index is 0.154. The normalized spacial score (nSPS) is 17.2. The standard InChI is InChI=1S/C28H32Cl2N4O3/c1-4-22-26(20-13-12-19(29)14-21(20)30)31-23(5-2)27(32-22)33-24-15-34(16-25(24)36-6-3)28(35)37-17-18-10-8-7-9-11-18/h7-14,24-25H,4-6,15-17H2,1-3H3,(H,32,33). The van der Waals surface area contributed by atoms with E-state index in [1.165, 1.54) is 0 Å². The van der Waals surface area contributed by atoms with Gasteiger partial charge in [-0.2, -0.15) is 0 Å². The number of ether oxygens (including phenoxy) is 2. The number of aryl methyl sites for hydroxylation is 2. The molecule has 1 fully saturated rings. The number of hydrogen-bond donors (Lipinski definition) is 1. The van der Waals surface area contributed by atoms with Crippen LogP contribution in [0.1, 0.15) is 37.7 Å². The number of likely N-dealkylation sites (tertiary alicyclic amines) is 1. The Morgan fingerprint density at radius 3 is 2.46 bits per heavy atom. The highest BCUT2D eigenvalue weighted by Gasteiger charge is 2.37. The van der Waals surface area contributed by atoms with Gasteiger partial charge < -0.3 is 19.7 Å². The molecule has 37 heavy (non-hydrogen) atoms. The van der Waals surface area contributed by atoms with E-state index in [1.54, 1.807) is 17.0 Å². The summed E-state index contributed by atoms with van der Waals surface area (Å²) in [6, 6.07) is 14.9. The van der Waals surface area contributed by atoms with Crippen molar-refractivity contribution in [2.24, 2.45) is 0 Å². The van der Waals surface area contributed by atoms with Crippen molar-refractivity contribution >= 4 is 35.1 Å². The van der Waals surface area contributed by atoms with E-state index in [9.17, 15) is 4.79 Å². The maximum Gasteiger partial charge on any atom is 0.410 e. The number of halogens is 2. The van der Waals surface area contributed by atoms with Crippen LogP contribution in [0.4, 0.5) is 10.6 Å². The molecule has 2 atom stereocenters. The summed E-state index contributed by atoms with van der Waals surface area (Å²) in [4.78, 5) is 24.4. The van der Waals surface area contributed by atoms with Crippen LogP contribution < -0.4 is 5.32 Å². The number of anilines is 1. The van der Waals surface area contributed by atoms with Gasteiger partial charge in [-0.1, -0.05) is 67.4 Å². The molecule has 1 aromatic heterocycles. The number of nitrogens with one attached hydrogen (secondary N) is 1. The minimum atomic E-state index is -0.360. The molecule has 2 heterocycles. The van der Waals surface area contributed by atoms with Gasteiger partial charge in [0.15, 0.2) is 0 Å². The number of carbonyl (C=O) groups is 1. The molecule has 9 heteroatoms. The maximum absolute atomic E-state index is 12.8. The molecule has 1 aliphatic rings. The van der Waals surface area contributed by atoms with Crippen molar-refractivity contribution in [2.75, 3.05) is 25.0 Å². The average Bonchev–Trinajstić information content (AvgIpc) is 3.30. The van der Waals surface area contributed by atoms with Crippen molar-refractivity contribution in [1.82, 2.24) is 14.9 Å². The summed E-state index contributed by atoms with van der Waals surface area (Å²) in [5, 5.41) is 4.64. The zero-order chi connectivity index (χ0) is 26.4. The van der Waals surface area contributed by atoms with Gasteiger partial charge in [-0.3, -0.25) is 0 Å². The van der Waals surface area contributed by atoms with E-state index < -0.39 is 0 Å². The van der Waals surface area contributed by atoms with Crippen LogP contribution in [-0.2, 0) is 28.9 Å². The Labute approximate surface area is 228 Å². The first-order valence-corrected chi connectivity index (χ1v) is 13.4. The molecule has 2 unspecified atom stereocenters. The molecule has 3 aromatic rings. The lowest BCUT2D eigenvalue weighted by Crippen LogP contribution is -2.35. The van der Waals surface area contributed by atoms with E-state index in [0.29, 0.717) is 48.4 Å². The molecule has 0 bridgehead atoms. The summed E-state index contributed by atoms with van der Waals surface area (Å²) in [5.41, 5.74) is 4.15. The Balaban J connectivity index is 1.54. The fourth-order valence-electron chi connectivity index (χ4n) is 4.44. The van der Waals surface area contributed by atoms with E-state index in [2.05, 4.69) is 5.32 Å². The lowest BCUT2D eigenvalue weighted by atomic mass is 10.1. The fraction of sp³-hybridized carbons (Fsp3) is 0.393. The molecule has 0 aliphatic carbocycles. The Kier molecular flexibility index (Phi) is 9.24. The van der Waals surface area contributed by atoms with Crippen molar-refractivity contribution in [3.8, 4) is 11.3 Å². The first-order chi connectivity index (χ1) is 17.9. The minimum Gasteiger partial charge on any atom is -0.445 e. The summed E-state index contributed by atoms with van der Waals surface area (Å²) in [7, 11) is 0. The summed E-state index contributed by atoms with van der Waals surface area (Å²) < 4.78 is 11.5. The van der Waals surface area contributed by atoms with Gasteiger partial charge in [0.05, 0.1) is 40.8 Å². The lowest BCUT2D eigenvalue weighted by molar-refractivity contribution is 0.0580. The summed E-state index contributed by atoms with van der Waals surface area (Å²) in [6.07, 6.45) is 0.794. The van der Waals surface area contributed by atoms with Crippen LogP contribution in [0.15, 0.2) is 48.5 Å². The number of aromatic nitrogens is 2. The van der Waals surface area contributed by atoms with Gasteiger partial charge >= 0.3 is 6.09 Å². The quantitative estimate of drug-likeness (QED) is 0.336. The van der Waals surface area contributed by atoms with Crippen LogP contribution in [0.25, 0.3) is 11.3 Å². The lowest BCUT2D eigenvalue weighted by Gasteiger charge is -2.22. The molecule has 2 aromatic carbocycles. The van der Waals surface area contributed by atoms with Crippen LogP contribution in [-0.4, -0.2) is 52.8 Å². The van der Waals surface area contributed by atoms with Crippen LogP contribution in [0.3, 0.4) is 0 Å². The molecule has 7 nitrogen and oxygen atoms in total. The highest BCUT2D eigenvalue weighted by Crippen LogP contribution is 2.33. The Morgan fingerprint density at radius 2 is 1.78 bits per heavy atom. The number of benzene rings is 2. The van der Waals surface area contributed by atoms with Gasteiger partial charge in [0.2, 0.25) is 0 Å². The molecule has 1 N–H and O–H groups in total. The van der Waals surface area contributed by atoms with Crippen molar-refractivity contribution < 1.29 is 14.3 Å². The predicted molar refractivity (Wildman–Crippen MR) is 147 cm³/mol. The average molecular weight is 543 g/mol. The number of hydrogen-bond acceptors (Lipinski definition) is 6. The molecule has 1 amide bonds. The number of rotatable bonds is 9. The second kappa shape index (κ2) is 12.6. The van der Waals surface area contributed by atoms with Crippen molar-refractivity contribution in [2.45, 2.75) is 52.4 Å². The smallest absolute Gasteiger partial charge is 0.410 e. The third-order valence-electron chi connectivity index (χ3n) is 6.33. The third-order valence-corrected chi connectivity index (χ3v) is 6.88. The monoisotopic (exact) mass is 542 g/mol. The Morgan fingerprint density at radius 1 is 1.03 bits per heavy atom. The second-order valence-electron chi connectivity index (χ2n) is 8.84. The second-order valence-corrected chi connectivity index (χ2v) is 9.68. The SMILES string of the molecule is CCOC1CN(C(=O)OCc2ccccc2)CC1Nc1nc(CC)c(-c2ccc(Cl)cc2Cl)nc1CC. The van der Waals surface area contributed by atoms with E-state index in [0.717, 1.165) is 28.2 Å². The largest absolute Gasteiger partial charge is 0.445 e. The summed E-state index contributed by atoms with van der Waals surface area (Å²) >= 11 is 12.6. The first kappa shape index (κ1) is 27.2. The van der Waals surface area contributed by atoms with Gasteiger partial charge in [0.1, 0.15) is 12.4 Å². The van der Waals surface area contributed by atoms with Crippen molar-refractivity contribution in [3.05, 3.63) is 75.5 Å². The molecule has 196 valence electrons. The van der Waals surface area contributed by atoms with Crippen molar-refractivity contribution in [3.63, 3.8) is 0 Å². The topological polar surface area (TPSA) is 76.6 Å². The molecular formula is C28H32Cl2N4O3. The Bertz CT molecular complexity index is 1230. The molecular weight excluding hydrogens is 511 g/mol. The van der Waals surface area contributed by atoms with Crippen LogP contribution in [0, 0.1) is 0 Å². The molecule has 0 saturated carbocycles. The highest BCUT2D eigenvalue weighted by molar-refractivity contribution is 6.36. The number of amides is 1. The van der Waals surface area contributed by atoms with Gasteiger partial charge in [-0.25, -0.2) is 14.8 Å². The molecule has 1 saturated heterocycles. The van der Waals surface area contributed by atoms with Gasteiger partial charge in [-0.05, 0) is 43.5 Å². The summed E-state index contributed by atoms with van der Waals surface area (Å²) in [6.45, 7) is 7.67. The van der Waals surface area contributed by atoms with Crippen LogP contribution in [0.2, 0.25) is 10.0 Å². The summed E-state index contributed by atoms with van der Waals surface area (Å²) in [5.74, 6) is 0.697. The zero-order valence-electron chi connectivity index (χ0n) is 21.3. The molecule has 0 spiro atoms. The zero-order valence-corrected chi connectivity index (χ0v) is 22.9. The van der Waals surface area contributed by atoms with Gasteiger partial charge in [-0.15, -0.1) is 0 Å². The molecule has 1 aliphatic heterocycles. The maximum atomic E-state index is 12.8. The van der Waals surface area contributed by atoms with Crippen LogP contribution >= 0.6 is 23.2 Å². The van der Waals surface area contributed by atoms with E-state index in [-0.39, 0.29) is 24.8 Å². The predicted octanol–water partition coefficient (Wildman–Crippen LogP) is 6.41. The van der Waals surface area contributed by atoms with E-state index in [1.807, 2.05) is 57.2 Å². The van der Waals surface area contributed by atoms with E-state index >= 15 is 0 Å². The first-order valence-electron chi connectivity index (χ1n) is 12.6. The Hall–Kier alpha value is -2.87. The van der Waals surface area contributed by atoms with E-state index in [4.69, 9.17) is 42.6 Å². The fourth-order valence-corrected chi connectivity index (χ4v) is 4.94. The van der Waals surface area contributed by atoms with Crippen molar-refractivity contribution in [1.29, 1.82) is 0 Å². The number of carbonyl (C=O) groups excluding carboxylic acids is 1. The molecule has 4 rings (SSSR count). The highest BCUT2D eigenvalue weighted by atomic mass is 35.5. The number of nitrogens with zero attached hydrogens (tertiary/aromatic N) is 3. The van der Waals surface area contributed by atoms with Crippen LogP contribution in [0.5, 0.6) is 0 Å².